The Balaban J connectivity index is 1.08. The average Bonchev–Trinajstić information content (AvgIpc) is 2.87. The van der Waals surface area contributed by atoms with Gasteiger partial charge in [-0.2, -0.15) is 0 Å². The number of halogens is 1. The minimum atomic E-state index is -0.109. The van der Waals surface area contributed by atoms with Crippen LogP contribution in [0.3, 0.4) is 0 Å². The van der Waals surface area contributed by atoms with E-state index in [-0.39, 0.29) is 11.8 Å². The van der Waals surface area contributed by atoms with E-state index >= 15 is 0 Å². The highest BCUT2D eigenvalue weighted by Gasteiger charge is 2.29. The fourth-order valence-corrected chi connectivity index (χ4v) is 5.08. The van der Waals surface area contributed by atoms with Crippen LogP contribution < -0.4 is 20.4 Å². The number of benzene rings is 2. The molecule has 2 aromatic rings. The Labute approximate surface area is 205 Å². The molecule has 0 aromatic heterocycles. The summed E-state index contributed by atoms with van der Waals surface area (Å²) in [6, 6.07) is 13.6. The van der Waals surface area contributed by atoms with Gasteiger partial charge in [-0.15, -0.1) is 0 Å². The Bertz CT molecular complexity index is 1110. The zero-order chi connectivity index (χ0) is 23.5. The van der Waals surface area contributed by atoms with Gasteiger partial charge in [0, 0.05) is 55.5 Å². The largest absolute Gasteiger partial charge is 0.369 e. The molecule has 34 heavy (non-hydrogen) atoms. The quantitative estimate of drug-likeness (QED) is 0.618. The predicted octanol–water partition coefficient (Wildman–Crippen LogP) is 3.72. The molecule has 2 aromatic carbocycles. The van der Waals surface area contributed by atoms with Crippen molar-refractivity contribution in [3.63, 3.8) is 0 Å². The summed E-state index contributed by atoms with van der Waals surface area (Å²) in [6.07, 6.45) is 4.83. The highest BCUT2D eigenvalue weighted by atomic mass is 35.5. The summed E-state index contributed by atoms with van der Waals surface area (Å²) in [7, 11) is 0. The molecule has 0 aliphatic carbocycles. The third-order valence-electron chi connectivity index (χ3n) is 6.73. The number of nitrogens with zero attached hydrogens (tertiary/aromatic N) is 3. The second-order valence-corrected chi connectivity index (χ2v) is 9.42. The molecule has 0 bridgehead atoms. The molecule has 2 N–H and O–H groups in total. The maximum atomic E-state index is 12.7. The number of hydrogen-bond acceptors (Lipinski definition) is 5. The number of hydrogen-bond donors (Lipinski definition) is 2. The standard InChI is InChI=1S/C26H30ClN5O2/c27-20-5-3-6-21(18-20)31-15-13-30(14-16-31)11-4-10-28-25(33)19-8-9-23-22(17-19)29-26(34)24-7-1-2-12-32(23)24/h3,5-9,17-18H,1-2,4,10-16H2,(H,28,33)(H,29,34). The van der Waals surface area contributed by atoms with E-state index in [9.17, 15) is 9.59 Å². The Morgan fingerprint density at radius 3 is 2.74 bits per heavy atom. The van der Waals surface area contributed by atoms with Crippen molar-refractivity contribution in [2.75, 3.05) is 60.9 Å². The van der Waals surface area contributed by atoms with Crippen molar-refractivity contribution in [2.45, 2.75) is 19.3 Å². The van der Waals surface area contributed by atoms with Gasteiger partial charge in [-0.25, -0.2) is 0 Å². The molecule has 1 saturated heterocycles. The van der Waals surface area contributed by atoms with Crippen LogP contribution in [0.5, 0.6) is 0 Å². The second kappa shape index (κ2) is 10.1. The molecular weight excluding hydrogens is 450 g/mol. The van der Waals surface area contributed by atoms with Crippen LogP contribution in [-0.2, 0) is 4.79 Å². The van der Waals surface area contributed by atoms with Gasteiger partial charge >= 0.3 is 0 Å². The van der Waals surface area contributed by atoms with Crippen LogP contribution >= 0.6 is 11.6 Å². The molecule has 2 amide bonds. The summed E-state index contributed by atoms with van der Waals surface area (Å²) in [4.78, 5) is 32.0. The number of rotatable bonds is 6. The van der Waals surface area contributed by atoms with Crippen molar-refractivity contribution >= 4 is 40.5 Å². The summed E-state index contributed by atoms with van der Waals surface area (Å²) in [5.74, 6) is -0.206. The van der Waals surface area contributed by atoms with E-state index in [0.29, 0.717) is 23.5 Å². The summed E-state index contributed by atoms with van der Waals surface area (Å²) in [5, 5.41) is 6.73. The van der Waals surface area contributed by atoms with Crippen LogP contribution in [0.15, 0.2) is 54.2 Å². The van der Waals surface area contributed by atoms with Crippen molar-refractivity contribution in [3.8, 4) is 0 Å². The number of carbonyl (C=O) groups excluding carboxylic acids is 2. The molecule has 1 fully saturated rings. The van der Waals surface area contributed by atoms with E-state index in [2.05, 4.69) is 26.5 Å². The van der Waals surface area contributed by atoms with Gasteiger partial charge in [0.1, 0.15) is 5.70 Å². The van der Waals surface area contributed by atoms with Gasteiger partial charge < -0.3 is 20.4 Å². The molecule has 5 rings (SSSR count). The lowest BCUT2D eigenvalue weighted by Crippen LogP contribution is -2.47. The smallest absolute Gasteiger partial charge is 0.272 e. The van der Waals surface area contributed by atoms with Crippen molar-refractivity contribution in [1.29, 1.82) is 0 Å². The molecule has 7 nitrogen and oxygen atoms in total. The van der Waals surface area contributed by atoms with Crippen LogP contribution in [0.2, 0.25) is 5.02 Å². The Kier molecular flexibility index (Phi) is 6.74. The molecule has 3 aliphatic heterocycles. The first kappa shape index (κ1) is 22.7. The van der Waals surface area contributed by atoms with Crippen LogP contribution in [0.25, 0.3) is 0 Å². The highest BCUT2D eigenvalue weighted by molar-refractivity contribution is 6.30. The molecule has 3 heterocycles. The topological polar surface area (TPSA) is 67.9 Å². The summed E-state index contributed by atoms with van der Waals surface area (Å²) < 4.78 is 0. The van der Waals surface area contributed by atoms with E-state index < -0.39 is 0 Å². The lowest BCUT2D eigenvalue weighted by Gasteiger charge is -2.36. The Morgan fingerprint density at radius 2 is 1.91 bits per heavy atom. The third kappa shape index (κ3) is 4.91. The van der Waals surface area contributed by atoms with Crippen molar-refractivity contribution in [1.82, 2.24) is 10.2 Å². The molecule has 178 valence electrons. The fraction of sp³-hybridized carbons (Fsp3) is 0.385. The van der Waals surface area contributed by atoms with Crippen LogP contribution in [0.4, 0.5) is 17.1 Å². The van der Waals surface area contributed by atoms with Gasteiger partial charge in [0.2, 0.25) is 0 Å². The predicted molar refractivity (Wildman–Crippen MR) is 137 cm³/mol. The fourth-order valence-electron chi connectivity index (χ4n) is 4.89. The molecule has 0 radical (unpaired) electrons. The number of allylic oxidation sites excluding steroid dienone is 1. The van der Waals surface area contributed by atoms with E-state index in [1.165, 1.54) is 5.69 Å². The molecule has 0 spiro atoms. The third-order valence-corrected chi connectivity index (χ3v) is 6.96. The monoisotopic (exact) mass is 479 g/mol. The molecule has 3 aliphatic rings. The first-order valence-electron chi connectivity index (χ1n) is 12.0. The van der Waals surface area contributed by atoms with Crippen LogP contribution in [0.1, 0.15) is 29.6 Å². The first-order valence-corrected chi connectivity index (χ1v) is 12.4. The van der Waals surface area contributed by atoms with Gasteiger partial charge in [-0.1, -0.05) is 23.7 Å². The maximum Gasteiger partial charge on any atom is 0.272 e. The normalized spacial score (nSPS) is 18.0. The van der Waals surface area contributed by atoms with E-state index in [4.69, 9.17) is 11.6 Å². The van der Waals surface area contributed by atoms with Gasteiger partial charge in [0.15, 0.2) is 0 Å². The zero-order valence-electron chi connectivity index (χ0n) is 19.2. The molecule has 0 unspecified atom stereocenters. The van der Waals surface area contributed by atoms with E-state index in [0.717, 1.165) is 69.2 Å². The first-order chi connectivity index (χ1) is 16.6. The molecule has 0 atom stereocenters. The van der Waals surface area contributed by atoms with Crippen molar-refractivity contribution in [2.24, 2.45) is 0 Å². The van der Waals surface area contributed by atoms with Gasteiger partial charge in [-0.05, 0) is 62.2 Å². The minimum absolute atomic E-state index is 0.0970. The summed E-state index contributed by atoms with van der Waals surface area (Å²) in [5.41, 5.74) is 4.12. The Hall–Kier alpha value is -3.03. The summed E-state index contributed by atoms with van der Waals surface area (Å²) in [6.45, 7) is 6.34. The zero-order valence-corrected chi connectivity index (χ0v) is 20.0. The van der Waals surface area contributed by atoms with Crippen molar-refractivity contribution in [3.05, 3.63) is 64.8 Å². The van der Waals surface area contributed by atoms with E-state index in [1.807, 2.05) is 41.3 Å². The minimum Gasteiger partial charge on any atom is -0.369 e. The number of carbonyl (C=O) groups is 2. The van der Waals surface area contributed by atoms with Crippen LogP contribution in [0, 0.1) is 0 Å². The SMILES string of the molecule is O=C1Nc2cc(C(=O)NCCCN3CCN(c4cccc(Cl)c4)CC3)ccc2N2CCCC=C12. The lowest BCUT2D eigenvalue weighted by molar-refractivity contribution is -0.113. The number of amides is 2. The molecule has 8 heteroatoms. The number of nitrogens with one attached hydrogen (secondary N) is 2. The number of piperazine rings is 1. The number of anilines is 3. The molecular formula is C26H30ClN5O2. The van der Waals surface area contributed by atoms with Crippen molar-refractivity contribution < 1.29 is 9.59 Å². The van der Waals surface area contributed by atoms with E-state index in [1.54, 1.807) is 6.07 Å². The van der Waals surface area contributed by atoms with Crippen LogP contribution in [-0.4, -0.2) is 62.5 Å². The average molecular weight is 480 g/mol. The number of fused-ring (bicyclic) bond motifs is 3. The van der Waals surface area contributed by atoms with Gasteiger partial charge in [0.25, 0.3) is 11.8 Å². The highest BCUT2D eigenvalue weighted by Crippen LogP contribution is 2.36. The second-order valence-electron chi connectivity index (χ2n) is 8.99. The molecule has 0 saturated carbocycles. The van der Waals surface area contributed by atoms with Gasteiger partial charge in [0.05, 0.1) is 11.4 Å². The lowest BCUT2D eigenvalue weighted by atomic mass is 10.0. The maximum absolute atomic E-state index is 12.7. The Morgan fingerprint density at radius 1 is 1.06 bits per heavy atom. The summed E-state index contributed by atoms with van der Waals surface area (Å²) >= 11 is 6.12. The van der Waals surface area contributed by atoms with Gasteiger partial charge in [-0.3, -0.25) is 14.5 Å².